The minimum Gasteiger partial charge on any atom is -0.496 e. The molecule has 0 aliphatic carbocycles. The third-order valence-electron chi connectivity index (χ3n) is 4.78. The van der Waals surface area contributed by atoms with E-state index in [1.807, 2.05) is 6.07 Å². The fraction of sp³-hybridized carbons (Fsp3) is 0.632. The Morgan fingerprint density at radius 3 is 2.58 bits per heavy atom. The number of benzene rings is 1. The summed E-state index contributed by atoms with van der Waals surface area (Å²) in [5, 5.41) is 3.00. The van der Waals surface area contributed by atoms with Crippen LogP contribution < -0.4 is 14.8 Å². The van der Waals surface area contributed by atoms with Crippen molar-refractivity contribution in [1.82, 2.24) is 10.2 Å². The zero-order chi connectivity index (χ0) is 17.4. The molecule has 1 aromatic carbocycles. The van der Waals surface area contributed by atoms with Crippen molar-refractivity contribution in [2.75, 3.05) is 33.9 Å². The molecule has 2 rings (SSSR count). The maximum atomic E-state index is 12.5. The van der Waals surface area contributed by atoms with E-state index < -0.39 is 0 Å². The molecule has 1 saturated heterocycles. The molecule has 0 saturated carbocycles. The van der Waals surface area contributed by atoms with Crippen molar-refractivity contribution in [3.63, 3.8) is 0 Å². The molecule has 1 aliphatic rings. The highest BCUT2D eigenvalue weighted by molar-refractivity contribution is 5.99. The zero-order valence-electron chi connectivity index (χ0n) is 15.1. The molecule has 1 heterocycles. The average molecular weight is 334 g/mol. The molecule has 1 aliphatic heterocycles. The van der Waals surface area contributed by atoms with Crippen LogP contribution in [0.15, 0.2) is 18.2 Å². The number of piperidine rings is 1. The number of carbonyl (C=O) groups is 1. The number of likely N-dealkylation sites (tertiary alicyclic amines) is 1. The van der Waals surface area contributed by atoms with Crippen molar-refractivity contribution in [1.29, 1.82) is 0 Å². The molecular formula is C19H30N2O3. The topological polar surface area (TPSA) is 50.8 Å². The van der Waals surface area contributed by atoms with E-state index in [1.165, 1.54) is 32.2 Å². The monoisotopic (exact) mass is 334 g/mol. The van der Waals surface area contributed by atoms with Gasteiger partial charge in [0.25, 0.3) is 5.91 Å². The number of nitrogens with one attached hydrogen (secondary N) is 1. The molecule has 1 amide bonds. The molecule has 5 nitrogen and oxygen atoms in total. The van der Waals surface area contributed by atoms with Gasteiger partial charge in [-0.1, -0.05) is 19.4 Å². The van der Waals surface area contributed by atoms with E-state index in [-0.39, 0.29) is 5.91 Å². The molecule has 1 N–H and O–H groups in total. The first-order valence-corrected chi connectivity index (χ1v) is 8.94. The summed E-state index contributed by atoms with van der Waals surface area (Å²) < 4.78 is 10.6. The van der Waals surface area contributed by atoms with Crippen molar-refractivity contribution < 1.29 is 14.3 Å². The molecule has 24 heavy (non-hydrogen) atoms. The number of hydrogen-bond donors (Lipinski definition) is 1. The number of nitrogens with zero attached hydrogens (tertiary/aromatic N) is 1. The van der Waals surface area contributed by atoms with Gasteiger partial charge in [-0.15, -0.1) is 0 Å². The summed E-state index contributed by atoms with van der Waals surface area (Å²) in [5.74, 6) is 0.929. The average Bonchev–Trinajstić information content (AvgIpc) is 2.64. The van der Waals surface area contributed by atoms with Crippen molar-refractivity contribution in [3.8, 4) is 11.5 Å². The van der Waals surface area contributed by atoms with Gasteiger partial charge in [0.15, 0.2) is 0 Å². The molecule has 1 aromatic rings. The molecule has 0 bridgehead atoms. The summed E-state index contributed by atoms with van der Waals surface area (Å²) in [5.41, 5.74) is 0.465. The van der Waals surface area contributed by atoms with Crippen molar-refractivity contribution in [2.24, 2.45) is 0 Å². The first kappa shape index (κ1) is 18.6. The first-order chi connectivity index (χ1) is 11.7. The maximum absolute atomic E-state index is 12.5. The molecule has 134 valence electrons. The molecule has 1 fully saturated rings. The fourth-order valence-electron chi connectivity index (χ4n) is 3.46. The Morgan fingerprint density at radius 1 is 1.25 bits per heavy atom. The van der Waals surface area contributed by atoms with E-state index in [0.29, 0.717) is 29.6 Å². The van der Waals surface area contributed by atoms with Gasteiger partial charge in [0, 0.05) is 19.1 Å². The lowest BCUT2D eigenvalue weighted by Crippen LogP contribution is -2.40. The van der Waals surface area contributed by atoms with Crippen molar-refractivity contribution in [3.05, 3.63) is 23.8 Å². The number of amides is 1. The standard InChI is InChI=1S/C19H30N2O3/c1-4-15-9-5-6-13-21(15)14-8-12-20-19(22)18-16(23-2)10-7-11-17(18)24-3/h7,10-11,15H,4-6,8-9,12-14H2,1-3H3,(H,20,22)/t15-/m0/s1. The Labute approximate surface area is 145 Å². The van der Waals surface area contributed by atoms with Crippen LogP contribution in [0, 0.1) is 0 Å². The second-order valence-corrected chi connectivity index (χ2v) is 6.24. The van der Waals surface area contributed by atoms with E-state index in [1.54, 1.807) is 26.4 Å². The second-order valence-electron chi connectivity index (χ2n) is 6.24. The number of methoxy groups -OCH3 is 2. The maximum Gasteiger partial charge on any atom is 0.258 e. The van der Waals surface area contributed by atoms with Gasteiger partial charge < -0.3 is 19.7 Å². The number of rotatable bonds is 8. The van der Waals surface area contributed by atoms with E-state index in [0.717, 1.165) is 13.0 Å². The van der Waals surface area contributed by atoms with Crippen LogP contribution in [-0.2, 0) is 0 Å². The molecule has 0 spiro atoms. The van der Waals surface area contributed by atoms with Gasteiger partial charge in [-0.3, -0.25) is 4.79 Å². The summed E-state index contributed by atoms with van der Waals surface area (Å²) in [4.78, 5) is 15.1. The Hall–Kier alpha value is -1.75. The van der Waals surface area contributed by atoms with Crippen LogP contribution in [0.4, 0.5) is 0 Å². The molecule has 0 unspecified atom stereocenters. The van der Waals surface area contributed by atoms with Gasteiger partial charge in [0.2, 0.25) is 0 Å². The van der Waals surface area contributed by atoms with Gasteiger partial charge in [-0.25, -0.2) is 0 Å². The van der Waals surface area contributed by atoms with E-state index in [2.05, 4.69) is 17.1 Å². The van der Waals surface area contributed by atoms with Gasteiger partial charge in [-0.05, 0) is 44.4 Å². The highest BCUT2D eigenvalue weighted by Gasteiger charge is 2.21. The summed E-state index contributed by atoms with van der Waals surface area (Å²) in [6.45, 7) is 5.15. The Morgan fingerprint density at radius 2 is 1.96 bits per heavy atom. The first-order valence-electron chi connectivity index (χ1n) is 8.94. The Kier molecular flexibility index (Phi) is 7.37. The van der Waals surface area contributed by atoms with Gasteiger partial charge in [-0.2, -0.15) is 0 Å². The van der Waals surface area contributed by atoms with E-state index in [4.69, 9.17) is 9.47 Å². The van der Waals surface area contributed by atoms with Crippen LogP contribution in [0.2, 0.25) is 0 Å². The lowest BCUT2D eigenvalue weighted by atomic mass is 10.00. The minimum absolute atomic E-state index is 0.144. The van der Waals surface area contributed by atoms with Crippen LogP contribution in [-0.4, -0.2) is 50.7 Å². The van der Waals surface area contributed by atoms with Crippen LogP contribution in [0.3, 0.4) is 0 Å². The van der Waals surface area contributed by atoms with Gasteiger partial charge in [0.05, 0.1) is 14.2 Å². The summed E-state index contributed by atoms with van der Waals surface area (Å²) >= 11 is 0. The minimum atomic E-state index is -0.144. The number of ether oxygens (including phenoxy) is 2. The normalized spacial score (nSPS) is 18.2. The second kappa shape index (κ2) is 9.52. The highest BCUT2D eigenvalue weighted by atomic mass is 16.5. The lowest BCUT2D eigenvalue weighted by Gasteiger charge is -2.35. The SMILES string of the molecule is CC[C@H]1CCCCN1CCCNC(=O)c1c(OC)cccc1OC. The van der Waals surface area contributed by atoms with Crippen molar-refractivity contribution in [2.45, 2.75) is 45.1 Å². The quantitative estimate of drug-likeness (QED) is 0.742. The molecule has 1 atom stereocenters. The van der Waals surface area contributed by atoms with Crippen LogP contribution in [0.25, 0.3) is 0 Å². The molecule has 0 radical (unpaired) electrons. The largest absolute Gasteiger partial charge is 0.496 e. The van der Waals surface area contributed by atoms with E-state index >= 15 is 0 Å². The van der Waals surface area contributed by atoms with Gasteiger partial charge in [0.1, 0.15) is 17.1 Å². The van der Waals surface area contributed by atoms with Crippen LogP contribution in [0.1, 0.15) is 49.4 Å². The third-order valence-corrected chi connectivity index (χ3v) is 4.78. The fourth-order valence-corrected chi connectivity index (χ4v) is 3.46. The Bertz CT molecular complexity index is 511. The van der Waals surface area contributed by atoms with Crippen molar-refractivity contribution >= 4 is 5.91 Å². The summed E-state index contributed by atoms with van der Waals surface area (Å²) in [6, 6.07) is 6.08. The van der Waals surface area contributed by atoms with Crippen LogP contribution in [0.5, 0.6) is 11.5 Å². The Balaban J connectivity index is 1.85. The predicted molar refractivity (Wildman–Crippen MR) is 96.0 cm³/mol. The third kappa shape index (κ3) is 4.63. The highest BCUT2D eigenvalue weighted by Crippen LogP contribution is 2.28. The molecule has 0 aromatic heterocycles. The number of carbonyl (C=O) groups excluding carboxylic acids is 1. The zero-order valence-corrected chi connectivity index (χ0v) is 15.1. The lowest BCUT2D eigenvalue weighted by molar-refractivity contribution is 0.0941. The summed E-state index contributed by atoms with van der Waals surface area (Å²) in [7, 11) is 3.12. The van der Waals surface area contributed by atoms with E-state index in [9.17, 15) is 4.79 Å². The van der Waals surface area contributed by atoms with Gasteiger partial charge >= 0.3 is 0 Å². The molecular weight excluding hydrogens is 304 g/mol. The smallest absolute Gasteiger partial charge is 0.258 e. The van der Waals surface area contributed by atoms with Crippen LogP contribution >= 0.6 is 0 Å². The summed E-state index contributed by atoms with van der Waals surface area (Å²) in [6.07, 6.45) is 6.12. The predicted octanol–water partition coefficient (Wildman–Crippen LogP) is 3.09. The number of hydrogen-bond acceptors (Lipinski definition) is 4. The molecule has 5 heteroatoms.